The highest BCUT2D eigenvalue weighted by Crippen LogP contribution is 2.10. The lowest BCUT2D eigenvalue weighted by atomic mass is 10.3. The predicted molar refractivity (Wildman–Crippen MR) is 77.3 cm³/mol. The van der Waals surface area contributed by atoms with Crippen LogP contribution < -0.4 is 10.6 Å². The summed E-state index contributed by atoms with van der Waals surface area (Å²) in [4.78, 5) is 4.09. The third kappa shape index (κ3) is 6.77. The maximum absolute atomic E-state index is 11.4. The molecule has 0 aliphatic carbocycles. The van der Waals surface area contributed by atoms with Crippen LogP contribution in [0.3, 0.4) is 0 Å². The molecule has 1 unspecified atom stereocenters. The fourth-order valence-corrected chi connectivity index (χ4v) is 3.57. The van der Waals surface area contributed by atoms with E-state index < -0.39 is 9.84 Å². The lowest BCUT2D eigenvalue weighted by Crippen LogP contribution is -2.44. The van der Waals surface area contributed by atoms with Gasteiger partial charge in [0.15, 0.2) is 15.8 Å². The van der Waals surface area contributed by atoms with Crippen LogP contribution in [0.4, 0.5) is 0 Å². The molecule has 1 saturated heterocycles. The average Bonchev–Trinajstić information content (AvgIpc) is 2.66. The number of aliphatic imine (C=N–C) groups is 1. The zero-order valence-electron chi connectivity index (χ0n) is 12.0. The fraction of sp³-hybridized carbons (Fsp3) is 0.917. The highest BCUT2D eigenvalue weighted by molar-refractivity contribution is 7.91. The van der Waals surface area contributed by atoms with Crippen molar-refractivity contribution >= 4 is 15.8 Å². The molecular formula is C12H25N3O3S. The van der Waals surface area contributed by atoms with Gasteiger partial charge in [0.1, 0.15) is 0 Å². The first kappa shape index (κ1) is 16.2. The summed E-state index contributed by atoms with van der Waals surface area (Å²) >= 11 is 0. The predicted octanol–water partition coefficient (Wildman–Crippen LogP) is 0.154. The van der Waals surface area contributed by atoms with Crippen molar-refractivity contribution < 1.29 is 13.2 Å². The number of hydrogen-bond acceptors (Lipinski definition) is 4. The molecule has 1 heterocycles. The molecule has 6 nitrogen and oxygen atoms in total. The van der Waals surface area contributed by atoms with Crippen LogP contribution in [0.5, 0.6) is 0 Å². The van der Waals surface area contributed by atoms with Gasteiger partial charge in [0.2, 0.25) is 0 Å². The first-order valence-corrected chi connectivity index (χ1v) is 8.54. The summed E-state index contributed by atoms with van der Waals surface area (Å²) in [6, 6.07) is -0.0249. The molecule has 0 radical (unpaired) electrons. The zero-order valence-corrected chi connectivity index (χ0v) is 12.8. The second-order valence-electron chi connectivity index (χ2n) is 5.02. The van der Waals surface area contributed by atoms with Crippen LogP contribution in [0.2, 0.25) is 0 Å². The summed E-state index contributed by atoms with van der Waals surface area (Å²) in [5.74, 6) is 1.13. The first-order valence-electron chi connectivity index (χ1n) is 6.72. The summed E-state index contributed by atoms with van der Waals surface area (Å²) in [5, 5.41) is 6.30. The van der Waals surface area contributed by atoms with Crippen molar-refractivity contribution in [2.75, 3.05) is 31.7 Å². The Bertz CT molecular complexity index is 393. The van der Waals surface area contributed by atoms with Gasteiger partial charge in [-0.3, -0.25) is 4.99 Å². The van der Waals surface area contributed by atoms with Crippen LogP contribution >= 0.6 is 0 Å². The van der Waals surface area contributed by atoms with Crippen molar-refractivity contribution in [3.63, 3.8) is 0 Å². The number of nitrogens with zero attached hydrogens (tertiary/aromatic N) is 1. The zero-order chi connectivity index (χ0) is 14.3. The summed E-state index contributed by atoms with van der Waals surface area (Å²) < 4.78 is 28.2. The molecule has 1 aliphatic rings. The summed E-state index contributed by atoms with van der Waals surface area (Å²) in [6.45, 7) is 5.48. The number of ether oxygens (including phenoxy) is 1. The van der Waals surface area contributed by atoms with Gasteiger partial charge in [0.05, 0.1) is 17.6 Å². The van der Waals surface area contributed by atoms with Gasteiger partial charge in [-0.2, -0.15) is 0 Å². The molecule has 0 aromatic carbocycles. The minimum Gasteiger partial charge on any atom is -0.379 e. The fourth-order valence-electron chi connectivity index (χ4n) is 1.89. The molecular weight excluding hydrogens is 266 g/mol. The van der Waals surface area contributed by atoms with Crippen molar-refractivity contribution in [1.29, 1.82) is 0 Å². The lowest BCUT2D eigenvalue weighted by molar-refractivity contribution is 0.0776. The number of rotatable bonds is 6. The van der Waals surface area contributed by atoms with Crippen molar-refractivity contribution in [2.45, 2.75) is 38.8 Å². The van der Waals surface area contributed by atoms with Gasteiger partial charge >= 0.3 is 0 Å². The topological polar surface area (TPSA) is 79.8 Å². The largest absolute Gasteiger partial charge is 0.379 e. The summed E-state index contributed by atoms with van der Waals surface area (Å²) in [6.07, 6.45) is 1.79. The third-order valence-corrected chi connectivity index (χ3v) is 4.63. The van der Waals surface area contributed by atoms with Gasteiger partial charge in [-0.05, 0) is 26.7 Å². The Labute approximate surface area is 115 Å². The number of sulfone groups is 1. The standard InChI is InChI=1S/C12H25N3O3S/c1-10(2)18-7-4-6-14-12(13-3)15-11-5-8-19(16,17)9-11/h10-11H,4-9H2,1-3H3,(H2,13,14,15). The van der Waals surface area contributed by atoms with Gasteiger partial charge in [-0.15, -0.1) is 0 Å². The van der Waals surface area contributed by atoms with Gasteiger partial charge in [-0.1, -0.05) is 0 Å². The molecule has 2 N–H and O–H groups in total. The molecule has 1 rings (SSSR count). The Hall–Kier alpha value is -0.820. The minimum atomic E-state index is -2.85. The Kier molecular flexibility index (Phi) is 6.57. The van der Waals surface area contributed by atoms with Crippen molar-refractivity contribution in [3.8, 4) is 0 Å². The third-order valence-electron chi connectivity index (χ3n) is 2.86. The molecule has 0 amide bonds. The molecule has 19 heavy (non-hydrogen) atoms. The molecule has 1 atom stereocenters. The Morgan fingerprint density at radius 2 is 2.21 bits per heavy atom. The number of guanidine groups is 1. The van der Waals surface area contributed by atoms with Crippen LogP contribution in [-0.2, 0) is 14.6 Å². The average molecular weight is 291 g/mol. The Morgan fingerprint density at radius 3 is 2.74 bits per heavy atom. The molecule has 1 aliphatic heterocycles. The molecule has 1 fully saturated rings. The maximum atomic E-state index is 11.4. The number of hydrogen-bond donors (Lipinski definition) is 2. The molecule has 112 valence electrons. The van der Waals surface area contributed by atoms with E-state index in [2.05, 4.69) is 15.6 Å². The van der Waals surface area contributed by atoms with E-state index in [1.165, 1.54) is 0 Å². The highest BCUT2D eigenvalue weighted by Gasteiger charge is 2.28. The molecule has 0 bridgehead atoms. The van der Waals surface area contributed by atoms with Gasteiger partial charge < -0.3 is 15.4 Å². The van der Waals surface area contributed by atoms with Crippen molar-refractivity contribution in [2.24, 2.45) is 4.99 Å². The molecule has 0 spiro atoms. The molecule has 0 aromatic heterocycles. The monoisotopic (exact) mass is 291 g/mol. The number of nitrogens with one attached hydrogen (secondary N) is 2. The van der Waals surface area contributed by atoms with Crippen LogP contribution in [0.25, 0.3) is 0 Å². The SMILES string of the molecule is CN=C(NCCCOC(C)C)NC1CCS(=O)(=O)C1. The van der Waals surface area contributed by atoms with E-state index in [4.69, 9.17) is 4.74 Å². The Morgan fingerprint density at radius 1 is 1.47 bits per heavy atom. The quantitative estimate of drug-likeness (QED) is 0.414. The van der Waals surface area contributed by atoms with E-state index in [-0.39, 0.29) is 23.7 Å². The van der Waals surface area contributed by atoms with Gasteiger partial charge in [0, 0.05) is 26.2 Å². The van der Waals surface area contributed by atoms with Gasteiger partial charge in [-0.25, -0.2) is 8.42 Å². The first-order chi connectivity index (χ1) is 8.93. The van der Waals surface area contributed by atoms with Crippen LogP contribution in [0.1, 0.15) is 26.7 Å². The second kappa shape index (κ2) is 7.69. The summed E-state index contributed by atoms with van der Waals surface area (Å²) in [7, 11) is -1.17. The normalized spacial score (nSPS) is 22.7. The van der Waals surface area contributed by atoms with Crippen LogP contribution in [0, 0.1) is 0 Å². The molecule has 0 aromatic rings. The van der Waals surface area contributed by atoms with E-state index in [1.807, 2.05) is 13.8 Å². The molecule has 0 saturated carbocycles. The van der Waals surface area contributed by atoms with Crippen molar-refractivity contribution in [3.05, 3.63) is 0 Å². The maximum Gasteiger partial charge on any atom is 0.191 e. The minimum absolute atomic E-state index is 0.0249. The van der Waals surface area contributed by atoms with Crippen molar-refractivity contribution in [1.82, 2.24) is 10.6 Å². The second-order valence-corrected chi connectivity index (χ2v) is 7.25. The highest BCUT2D eigenvalue weighted by atomic mass is 32.2. The lowest BCUT2D eigenvalue weighted by Gasteiger charge is -2.16. The van der Waals surface area contributed by atoms with E-state index in [0.717, 1.165) is 13.0 Å². The smallest absolute Gasteiger partial charge is 0.191 e. The van der Waals surface area contributed by atoms with Crippen LogP contribution in [-0.4, -0.2) is 58.2 Å². The molecule has 7 heteroatoms. The van der Waals surface area contributed by atoms with Gasteiger partial charge in [0.25, 0.3) is 0 Å². The summed E-state index contributed by atoms with van der Waals surface area (Å²) in [5.41, 5.74) is 0. The van der Waals surface area contributed by atoms with E-state index in [0.29, 0.717) is 19.0 Å². The van der Waals surface area contributed by atoms with E-state index >= 15 is 0 Å². The Balaban J connectivity index is 2.20. The van der Waals surface area contributed by atoms with E-state index in [9.17, 15) is 8.42 Å². The van der Waals surface area contributed by atoms with Crippen LogP contribution in [0.15, 0.2) is 4.99 Å². The van der Waals surface area contributed by atoms with E-state index in [1.54, 1.807) is 7.05 Å².